The molecule has 17 heavy (non-hydrogen) atoms. The summed E-state index contributed by atoms with van der Waals surface area (Å²) in [5.41, 5.74) is 6.72. The Bertz CT molecular complexity index is 403. The monoisotopic (exact) mass is 234 g/mol. The Hall–Kier alpha value is -1.36. The van der Waals surface area contributed by atoms with Crippen LogP contribution in [0, 0.1) is 11.8 Å². The van der Waals surface area contributed by atoms with E-state index in [1.54, 1.807) is 12.5 Å². The van der Waals surface area contributed by atoms with Crippen LogP contribution in [-0.4, -0.2) is 39.9 Å². The molecule has 1 aliphatic heterocycles. The van der Waals surface area contributed by atoms with Crippen LogP contribution >= 0.6 is 0 Å². The van der Waals surface area contributed by atoms with Crippen LogP contribution in [0.15, 0.2) is 12.5 Å². The average Bonchev–Trinajstić information content (AvgIpc) is 2.98. The number of carbonyl (C=O) groups excluding carboxylic acids is 1. The number of rotatable bonds is 1. The van der Waals surface area contributed by atoms with E-state index in [-0.39, 0.29) is 11.9 Å². The summed E-state index contributed by atoms with van der Waals surface area (Å²) in [5.74, 6) is 1.16. The van der Waals surface area contributed by atoms with Crippen LogP contribution in [0.3, 0.4) is 0 Å². The number of hydrogen-bond donors (Lipinski definition) is 2. The topological polar surface area (TPSA) is 75.0 Å². The zero-order valence-electron chi connectivity index (χ0n) is 9.80. The van der Waals surface area contributed by atoms with Gasteiger partial charge in [0.15, 0.2) is 0 Å². The lowest BCUT2D eigenvalue weighted by molar-refractivity contribution is 0.0778. The Morgan fingerprint density at radius 1 is 1.47 bits per heavy atom. The lowest BCUT2D eigenvalue weighted by atomic mass is 9.78. The molecule has 0 bridgehead atoms. The molecule has 2 aliphatic rings. The maximum atomic E-state index is 12.2. The molecular formula is C12H18N4O. The summed E-state index contributed by atoms with van der Waals surface area (Å²) in [6.45, 7) is 1.67. The molecule has 2 fully saturated rings. The Balaban J connectivity index is 1.73. The number of nitrogens with two attached hydrogens (primary N) is 1. The molecule has 1 amide bonds. The van der Waals surface area contributed by atoms with E-state index in [0.29, 0.717) is 17.5 Å². The highest BCUT2D eigenvalue weighted by molar-refractivity contribution is 5.92. The summed E-state index contributed by atoms with van der Waals surface area (Å²) in [5, 5.41) is 0. The maximum Gasteiger partial charge on any atom is 0.271 e. The molecule has 3 rings (SSSR count). The SMILES string of the molecule is NC1CCCC2CN(C(=O)c3cnc[nH]3)CC12. The van der Waals surface area contributed by atoms with Crippen LogP contribution in [0.1, 0.15) is 29.8 Å². The first-order valence-corrected chi connectivity index (χ1v) is 6.29. The molecule has 1 saturated carbocycles. The number of amides is 1. The minimum absolute atomic E-state index is 0.0594. The predicted octanol–water partition coefficient (Wildman–Crippen LogP) is 0.609. The van der Waals surface area contributed by atoms with Crippen molar-refractivity contribution in [2.24, 2.45) is 17.6 Å². The second-order valence-electron chi connectivity index (χ2n) is 5.19. The molecule has 5 heteroatoms. The van der Waals surface area contributed by atoms with Gasteiger partial charge < -0.3 is 15.6 Å². The van der Waals surface area contributed by atoms with Gasteiger partial charge in [-0.15, -0.1) is 0 Å². The fraction of sp³-hybridized carbons (Fsp3) is 0.667. The Morgan fingerprint density at radius 3 is 3.06 bits per heavy atom. The van der Waals surface area contributed by atoms with E-state index in [4.69, 9.17) is 5.73 Å². The van der Waals surface area contributed by atoms with Gasteiger partial charge in [0, 0.05) is 19.1 Å². The summed E-state index contributed by atoms with van der Waals surface area (Å²) in [7, 11) is 0. The summed E-state index contributed by atoms with van der Waals surface area (Å²) >= 11 is 0. The van der Waals surface area contributed by atoms with Gasteiger partial charge in [-0.25, -0.2) is 4.98 Å². The molecule has 92 valence electrons. The standard InChI is InChI=1S/C12H18N4O/c13-10-3-1-2-8-5-16(6-9(8)10)12(17)11-4-14-7-15-11/h4,7-10H,1-3,5-6,13H2,(H,14,15). The molecule has 0 aromatic carbocycles. The second-order valence-corrected chi connectivity index (χ2v) is 5.19. The third kappa shape index (κ3) is 1.84. The number of aromatic nitrogens is 2. The Labute approximate surface area is 100 Å². The number of H-pyrrole nitrogens is 1. The van der Waals surface area contributed by atoms with Crippen molar-refractivity contribution in [2.75, 3.05) is 13.1 Å². The van der Waals surface area contributed by atoms with E-state index in [2.05, 4.69) is 9.97 Å². The molecule has 2 heterocycles. The molecule has 1 aromatic heterocycles. The number of aromatic amines is 1. The van der Waals surface area contributed by atoms with Crippen molar-refractivity contribution in [1.29, 1.82) is 0 Å². The summed E-state index contributed by atoms with van der Waals surface area (Å²) in [6.07, 6.45) is 6.65. The molecule has 3 atom stereocenters. The molecule has 5 nitrogen and oxygen atoms in total. The van der Waals surface area contributed by atoms with Crippen LogP contribution in [0.2, 0.25) is 0 Å². The largest absolute Gasteiger partial charge is 0.341 e. The van der Waals surface area contributed by atoms with E-state index in [1.807, 2.05) is 4.90 Å². The number of carbonyl (C=O) groups is 1. The summed E-state index contributed by atoms with van der Waals surface area (Å²) < 4.78 is 0. The van der Waals surface area contributed by atoms with Gasteiger partial charge in [-0.05, 0) is 24.7 Å². The third-order valence-corrected chi connectivity index (χ3v) is 4.17. The molecular weight excluding hydrogens is 216 g/mol. The van der Waals surface area contributed by atoms with Gasteiger partial charge in [-0.3, -0.25) is 4.79 Å². The molecule has 3 N–H and O–H groups in total. The lowest BCUT2D eigenvalue weighted by Gasteiger charge is -2.29. The van der Waals surface area contributed by atoms with Crippen molar-refractivity contribution in [3.05, 3.63) is 18.2 Å². The fourth-order valence-electron chi connectivity index (χ4n) is 3.23. The molecule has 0 radical (unpaired) electrons. The number of likely N-dealkylation sites (tertiary alicyclic amines) is 1. The number of imidazole rings is 1. The van der Waals surface area contributed by atoms with Gasteiger partial charge in [0.25, 0.3) is 5.91 Å². The van der Waals surface area contributed by atoms with Crippen molar-refractivity contribution < 1.29 is 4.79 Å². The fourth-order valence-corrected chi connectivity index (χ4v) is 3.23. The number of nitrogens with zero attached hydrogens (tertiary/aromatic N) is 2. The van der Waals surface area contributed by atoms with Crippen molar-refractivity contribution in [3.63, 3.8) is 0 Å². The first-order chi connectivity index (χ1) is 8.25. The van der Waals surface area contributed by atoms with Crippen LogP contribution in [0.4, 0.5) is 0 Å². The molecule has 1 aliphatic carbocycles. The number of fused-ring (bicyclic) bond motifs is 1. The van der Waals surface area contributed by atoms with Crippen molar-refractivity contribution in [2.45, 2.75) is 25.3 Å². The quantitative estimate of drug-likeness (QED) is 0.747. The van der Waals surface area contributed by atoms with Crippen LogP contribution < -0.4 is 5.73 Å². The van der Waals surface area contributed by atoms with Crippen molar-refractivity contribution in [1.82, 2.24) is 14.9 Å². The number of hydrogen-bond acceptors (Lipinski definition) is 3. The molecule has 0 spiro atoms. The zero-order valence-corrected chi connectivity index (χ0v) is 9.80. The molecule has 3 unspecified atom stereocenters. The van der Waals surface area contributed by atoms with Gasteiger partial charge in [0.2, 0.25) is 0 Å². The van der Waals surface area contributed by atoms with Crippen LogP contribution in [0.5, 0.6) is 0 Å². The van der Waals surface area contributed by atoms with Crippen LogP contribution in [-0.2, 0) is 0 Å². The first-order valence-electron chi connectivity index (χ1n) is 6.29. The van der Waals surface area contributed by atoms with E-state index < -0.39 is 0 Å². The normalized spacial score (nSPS) is 32.5. The lowest BCUT2D eigenvalue weighted by Crippen LogP contribution is -2.38. The van der Waals surface area contributed by atoms with Gasteiger partial charge in [-0.2, -0.15) is 0 Å². The van der Waals surface area contributed by atoms with Crippen molar-refractivity contribution in [3.8, 4) is 0 Å². The molecule has 1 saturated heterocycles. The van der Waals surface area contributed by atoms with E-state index in [0.717, 1.165) is 19.5 Å². The summed E-state index contributed by atoms with van der Waals surface area (Å²) in [4.78, 5) is 20.9. The van der Waals surface area contributed by atoms with Crippen molar-refractivity contribution >= 4 is 5.91 Å². The average molecular weight is 234 g/mol. The Kier molecular flexibility index (Phi) is 2.63. The predicted molar refractivity (Wildman–Crippen MR) is 63.3 cm³/mol. The van der Waals surface area contributed by atoms with E-state index in [9.17, 15) is 4.79 Å². The highest BCUT2D eigenvalue weighted by Gasteiger charge is 2.40. The number of nitrogens with one attached hydrogen (secondary N) is 1. The summed E-state index contributed by atoms with van der Waals surface area (Å²) in [6, 6.07) is 0.272. The smallest absolute Gasteiger partial charge is 0.271 e. The maximum absolute atomic E-state index is 12.2. The molecule has 1 aromatic rings. The van der Waals surface area contributed by atoms with E-state index >= 15 is 0 Å². The van der Waals surface area contributed by atoms with Gasteiger partial charge in [0.05, 0.1) is 12.5 Å². The Morgan fingerprint density at radius 2 is 2.35 bits per heavy atom. The second kappa shape index (κ2) is 4.14. The minimum Gasteiger partial charge on any atom is -0.341 e. The van der Waals surface area contributed by atoms with Gasteiger partial charge in [-0.1, -0.05) is 6.42 Å². The zero-order chi connectivity index (χ0) is 11.8. The van der Waals surface area contributed by atoms with Gasteiger partial charge in [0.1, 0.15) is 5.69 Å². The first kappa shape index (κ1) is 10.8. The van der Waals surface area contributed by atoms with Crippen LogP contribution in [0.25, 0.3) is 0 Å². The third-order valence-electron chi connectivity index (χ3n) is 4.17. The highest BCUT2D eigenvalue weighted by atomic mass is 16.2. The van der Waals surface area contributed by atoms with E-state index in [1.165, 1.54) is 12.8 Å². The highest BCUT2D eigenvalue weighted by Crippen LogP contribution is 2.35. The minimum atomic E-state index is 0.0594. The van der Waals surface area contributed by atoms with Gasteiger partial charge >= 0.3 is 0 Å².